The van der Waals surface area contributed by atoms with Crippen LogP contribution in [0.25, 0.3) is 0 Å². The molecule has 1 aliphatic rings. The summed E-state index contributed by atoms with van der Waals surface area (Å²) in [5, 5.41) is 3.71. The molecule has 4 heterocycles. The highest BCUT2D eigenvalue weighted by Crippen LogP contribution is 2.23. The molecule has 0 bridgehead atoms. The predicted molar refractivity (Wildman–Crippen MR) is 125 cm³/mol. The number of hydrogen-bond acceptors (Lipinski definition) is 7. The Hall–Kier alpha value is -2.31. The van der Waals surface area contributed by atoms with E-state index < -0.39 is 15.9 Å². The van der Waals surface area contributed by atoms with Crippen LogP contribution in [0.1, 0.15) is 31.4 Å². The molecule has 8 nitrogen and oxygen atoms in total. The van der Waals surface area contributed by atoms with Crippen LogP contribution >= 0.6 is 22.7 Å². The number of ketones is 1. The van der Waals surface area contributed by atoms with Crippen LogP contribution in [0.5, 0.6) is 0 Å². The fourth-order valence-electron chi connectivity index (χ4n) is 3.84. The van der Waals surface area contributed by atoms with Crippen molar-refractivity contribution in [2.75, 3.05) is 32.7 Å². The quantitative estimate of drug-likeness (QED) is 0.486. The lowest BCUT2D eigenvalue weighted by Crippen LogP contribution is -2.49. The zero-order valence-corrected chi connectivity index (χ0v) is 20.0. The standard InChI is InChI=1S/C21H24N4O4S3/c1-15-17(21(22)27)12-18(25(15)13-16-4-2-10-30-16)19(26)14-23-6-8-24(9-7-23)32(28,29)20-5-3-11-31-20/h2-5,10-12H,6-9,13-14H2,1H3,(H2,22,27). The van der Waals surface area contributed by atoms with Gasteiger partial charge in [-0.1, -0.05) is 12.1 Å². The third-order valence-corrected chi connectivity index (χ3v) is 9.73. The summed E-state index contributed by atoms with van der Waals surface area (Å²) in [5.74, 6) is -0.680. The number of hydrogen-bond donors (Lipinski definition) is 1. The summed E-state index contributed by atoms with van der Waals surface area (Å²) in [5.41, 5.74) is 6.97. The minimum atomic E-state index is -3.48. The van der Waals surface area contributed by atoms with Gasteiger partial charge in [0.15, 0.2) is 5.78 Å². The van der Waals surface area contributed by atoms with Gasteiger partial charge in [-0.15, -0.1) is 22.7 Å². The highest BCUT2D eigenvalue weighted by molar-refractivity contribution is 7.91. The van der Waals surface area contributed by atoms with E-state index in [0.717, 1.165) is 4.88 Å². The van der Waals surface area contributed by atoms with Gasteiger partial charge in [0.1, 0.15) is 4.21 Å². The molecule has 0 spiro atoms. The van der Waals surface area contributed by atoms with Crippen LogP contribution < -0.4 is 5.73 Å². The first-order chi connectivity index (χ1) is 15.3. The molecular formula is C21H24N4O4S3. The van der Waals surface area contributed by atoms with Gasteiger partial charge in [0.2, 0.25) is 0 Å². The van der Waals surface area contributed by atoms with E-state index in [0.29, 0.717) is 53.9 Å². The number of sulfonamides is 1. The minimum Gasteiger partial charge on any atom is -0.366 e. The van der Waals surface area contributed by atoms with Crippen molar-refractivity contribution in [1.82, 2.24) is 13.8 Å². The Balaban J connectivity index is 1.46. The van der Waals surface area contributed by atoms with Gasteiger partial charge in [-0.3, -0.25) is 14.5 Å². The van der Waals surface area contributed by atoms with Crippen molar-refractivity contribution in [2.45, 2.75) is 17.7 Å². The Morgan fingerprint density at radius 3 is 2.34 bits per heavy atom. The van der Waals surface area contributed by atoms with Crippen LogP contribution in [-0.2, 0) is 16.6 Å². The zero-order valence-electron chi connectivity index (χ0n) is 17.6. The second-order valence-electron chi connectivity index (χ2n) is 7.59. The fourth-order valence-corrected chi connectivity index (χ4v) is 7.10. The van der Waals surface area contributed by atoms with Gasteiger partial charge in [0, 0.05) is 36.8 Å². The Morgan fingerprint density at radius 2 is 1.75 bits per heavy atom. The lowest BCUT2D eigenvalue weighted by atomic mass is 10.2. The number of piperazine rings is 1. The number of aromatic nitrogens is 1. The molecule has 0 aliphatic carbocycles. The van der Waals surface area contributed by atoms with Crippen molar-refractivity contribution in [2.24, 2.45) is 5.73 Å². The molecule has 0 unspecified atom stereocenters. The second-order valence-corrected chi connectivity index (χ2v) is 11.7. The molecule has 3 aromatic heterocycles. The average molecular weight is 493 g/mol. The van der Waals surface area contributed by atoms with Gasteiger partial charge in [-0.2, -0.15) is 4.31 Å². The number of rotatable bonds is 8. The Morgan fingerprint density at radius 1 is 1.06 bits per heavy atom. The maximum Gasteiger partial charge on any atom is 0.252 e. The topological polar surface area (TPSA) is 106 Å². The molecule has 11 heteroatoms. The largest absolute Gasteiger partial charge is 0.366 e. The number of thiophene rings is 2. The third kappa shape index (κ3) is 4.57. The van der Waals surface area contributed by atoms with Crippen molar-refractivity contribution in [1.29, 1.82) is 0 Å². The molecule has 0 atom stereocenters. The number of carbonyl (C=O) groups excluding carboxylic acids is 2. The maximum atomic E-state index is 13.2. The van der Waals surface area contributed by atoms with Crippen LogP contribution in [0, 0.1) is 6.92 Å². The number of carbonyl (C=O) groups is 2. The number of nitrogens with two attached hydrogens (primary N) is 1. The highest BCUT2D eigenvalue weighted by Gasteiger charge is 2.30. The molecule has 170 valence electrons. The Bertz CT molecular complexity index is 1210. The van der Waals surface area contributed by atoms with Crippen LogP contribution in [0.15, 0.2) is 45.3 Å². The van der Waals surface area contributed by atoms with E-state index in [2.05, 4.69) is 0 Å². The third-order valence-electron chi connectivity index (χ3n) is 5.60. The van der Waals surface area contributed by atoms with E-state index in [9.17, 15) is 18.0 Å². The van der Waals surface area contributed by atoms with Gasteiger partial charge in [-0.25, -0.2) is 8.42 Å². The van der Waals surface area contributed by atoms with E-state index in [4.69, 9.17) is 5.73 Å². The van der Waals surface area contributed by atoms with Gasteiger partial charge in [0.25, 0.3) is 15.9 Å². The maximum absolute atomic E-state index is 13.2. The van der Waals surface area contributed by atoms with Crippen LogP contribution in [0.2, 0.25) is 0 Å². The lowest BCUT2D eigenvalue weighted by molar-refractivity contribution is 0.0892. The van der Waals surface area contributed by atoms with Gasteiger partial charge < -0.3 is 10.3 Å². The van der Waals surface area contributed by atoms with E-state index in [1.807, 2.05) is 27.0 Å². The number of primary amides is 1. The zero-order chi connectivity index (χ0) is 22.9. The first-order valence-electron chi connectivity index (χ1n) is 10.1. The van der Waals surface area contributed by atoms with E-state index in [-0.39, 0.29) is 12.3 Å². The normalized spacial score (nSPS) is 15.8. The molecule has 0 aromatic carbocycles. The fraction of sp³-hybridized carbons (Fsp3) is 0.333. The van der Waals surface area contributed by atoms with Gasteiger partial charge in [0.05, 0.1) is 24.3 Å². The van der Waals surface area contributed by atoms with Crippen molar-refractivity contribution < 1.29 is 18.0 Å². The van der Waals surface area contributed by atoms with Crippen LogP contribution in [-0.4, -0.2) is 66.6 Å². The van der Waals surface area contributed by atoms with Crippen molar-refractivity contribution in [3.05, 3.63) is 62.9 Å². The lowest BCUT2D eigenvalue weighted by Gasteiger charge is -2.33. The molecule has 0 radical (unpaired) electrons. The van der Waals surface area contributed by atoms with Crippen molar-refractivity contribution in [3.63, 3.8) is 0 Å². The minimum absolute atomic E-state index is 0.119. The SMILES string of the molecule is Cc1c(C(N)=O)cc(C(=O)CN2CCN(S(=O)(=O)c3cccs3)CC2)n1Cc1cccs1. The molecule has 1 saturated heterocycles. The smallest absolute Gasteiger partial charge is 0.252 e. The van der Waals surface area contributed by atoms with Gasteiger partial charge in [-0.05, 0) is 35.9 Å². The molecule has 1 aliphatic heterocycles. The number of Topliss-reactive ketones (excluding diaryl/α,β-unsaturated/α-hetero) is 1. The first kappa shape index (κ1) is 22.9. The monoisotopic (exact) mass is 492 g/mol. The van der Waals surface area contributed by atoms with Crippen LogP contribution in [0.3, 0.4) is 0 Å². The molecule has 1 amide bonds. The number of nitrogens with zero attached hydrogens (tertiary/aromatic N) is 3. The van der Waals surface area contributed by atoms with Gasteiger partial charge >= 0.3 is 0 Å². The molecule has 4 rings (SSSR count). The summed E-state index contributed by atoms with van der Waals surface area (Å²) >= 11 is 2.79. The van der Waals surface area contributed by atoms with E-state index in [1.165, 1.54) is 15.6 Å². The molecule has 32 heavy (non-hydrogen) atoms. The molecule has 0 saturated carbocycles. The average Bonchev–Trinajstić information content (AvgIpc) is 3.51. The van der Waals surface area contributed by atoms with Crippen LogP contribution in [0.4, 0.5) is 0 Å². The predicted octanol–water partition coefficient (Wildman–Crippen LogP) is 2.26. The molecule has 2 N–H and O–H groups in total. The highest BCUT2D eigenvalue weighted by atomic mass is 32.2. The summed E-state index contributed by atoms with van der Waals surface area (Å²) < 4.78 is 29.0. The summed E-state index contributed by atoms with van der Waals surface area (Å²) in [6.07, 6.45) is 0. The van der Waals surface area contributed by atoms with E-state index in [1.54, 1.807) is 41.8 Å². The molecule has 3 aromatic rings. The summed E-state index contributed by atoms with van der Waals surface area (Å²) in [7, 11) is -3.48. The first-order valence-corrected chi connectivity index (χ1v) is 13.3. The summed E-state index contributed by atoms with van der Waals surface area (Å²) in [6.45, 7) is 4.01. The second kappa shape index (κ2) is 9.28. The Kier molecular flexibility index (Phi) is 6.63. The summed E-state index contributed by atoms with van der Waals surface area (Å²) in [4.78, 5) is 28.1. The van der Waals surface area contributed by atoms with Crippen molar-refractivity contribution in [3.8, 4) is 0 Å². The summed E-state index contributed by atoms with van der Waals surface area (Å²) in [6, 6.07) is 8.83. The van der Waals surface area contributed by atoms with E-state index >= 15 is 0 Å². The molecular weight excluding hydrogens is 468 g/mol. The molecule has 1 fully saturated rings. The van der Waals surface area contributed by atoms with Crippen molar-refractivity contribution >= 4 is 44.4 Å². The number of amides is 1. The Labute approximate surface area is 194 Å².